The van der Waals surface area contributed by atoms with Gasteiger partial charge in [0.05, 0.1) is 6.61 Å². The number of halogens is 1. The molecule has 1 unspecified atom stereocenters. The van der Waals surface area contributed by atoms with Gasteiger partial charge in [-0.05, 0) is 18.9 Å². The maximum Gasteiger partial charge on any atom is 0.254 e. The molecule has 0 amide bonds. The van der Waals surface area contributed by atoms with Gasteiger partial charge in [0.1, 0.15) is 11.9 Å². The zero-order chi connectivity index (χ0) is 22.2. The SMILES string of the molecule is Clc1nc2c(N3CCCC3)nc(N3CCNCC3)nc2nc1OC1CCOc2ccccc21. The highest BCUT2D eigenvalue weighted by atomic mass is 35.5. The van der Waals surface area contributed by atoms with E-state index >= 15 is 0 Å². The van der Waals surface area contributed by atoms with Crippen LogP contribution in [-0.4, -0.2) is 65.8 Å². The van der Waals surface area contributed by atoms with Crippen LogP contribution in [0, 0.1) is 0 Å². The third-order valence-electron chi connectivity index (χ3n) is 6.39. The number of nitrogens with zero attached hydrogens (tertiary/aromatic N) is 6. The fourth-order valence-electron chi connectivity index (χ4n) is 4.68. The van der Waals surface area contributed by atoms with E-state index < -0.39 is 0 Å². The third kappa shape index (κ3) is 4.00. The van der Waals surface area contributed by atoms with Crippen molar-refractivity contribution in [1.29, 1.82) is 0 Å². The van der Waals surface area contributed by atoms with E-state index in [0.29, 0.717) is 36.0 Å². The Morgan fingerprint density at radius 3 is 2.64 bits per heavy atom. The summed E-state index contributed by atoms with van der Waals surface area (Å²) < 4.78 is 12.0. The number of para-hydroxylation sites is 1. The first kappa shape index (κ1) is 20.7. The van der Waals surface area contributed by atoms with Crippen LogP contribution in [-0.2, 0) is 0 Å². The van der Waals surface area contributed by atoms with Gasteiger partial charge in [-0.3, -0.25) is 0 Å². The molecule has 9 nitrogen and oxygen atoms in total. The van der Waals surface area contributed by atoms with E-state index in [1.165, 1.54) is 0 Å². The van der Waals surface area contributed by atoms with Gasteiger partial charge in [0.25, 0.3) is 5.88 Å². The van der Waals surface area contributed by atoms with Crippen molar-refractivity contribution in [3.63, 3.8) is 0 Å². The number of anilines is 2. The summed E-state index contributed by atoms with van der Waals surface area (Å²) >= 11 is 6.59. The highest BCUT2D eigenvalue weighted by molar-refractivity contribution is 6.31. The lowest BCUT2D eigenvalue weighted by molar-refractivity contribution is 0.131. The number of hydrogen-bond donors (Lipinski definition) is 1. The molecular formula is C23H26ClN7O2. The molecule has 0 bridgehead atoms. The number of piperazine rings is 1. The van der Waals surface area contributed by atoms with E-state index in [9.17, 15) is 0 Å². The highest BCUT2D eigenvalue weighted by Crippen LogP contribution is 2.37. The largest absolute Gasteiger partial charge is 0.493 e. The van der Waals surface area contributed by atoms with Gasteiger partial charge in [-0.15, -0.1) is 0 Å². The first-order chi connectivity index (χ1) is 16.3. The van der Waals surface area contributed by atoms with Crippen LogP contribution in [0.25, 0.3) is 11.2 Å². The van der Waals surface area contributed by atoms with E-state index in [1.807, 2.05) is 24.3 Å². The molecule has 1 aromatic carbocycles. The van der Waals surface area contributed by atoms with Crippen LogP contribution in [0.4, 0.5) is 11.8 Å². The van der Waals surface area contributed by atoms with Crippen molar-refractivity contribution in [2.45, 2.75) is 25.4 Å². The molecule has 0 aliphatic carbocycles. The van der Waals surface area contributed by atoms with Crippen LogP contribution < -0.4 is 24.6 Å². The fourth-order valence-corrected chi connectivity index (χ4v) is 4.86. The molecule has 2 fully saturated rings. The molecule has 1 N–H and O–H groups in total. The zero-order valence-corrected chi connectivity index (χ0v) is 19.1. The minimum atomic E-state index is -0.202. The Morgan fingerprint density at radius 1 is 0.970 bits per heavy atom. The minimum Gasteiger partial charge on any atom is -0.493 e. The number of fused-ring (bicyclic) bond motifs is 2. The van der Waals surface area contributed by atoms with Crippen LogP contribution in [0.15, 0.2) is 24.3 Å². The van der Waals surface area contributed by atoms with Crippen molar-refractivity contribution in [2.24, 2.45) is 0 Å². The Balaban J connectivity index is 1.41. The van der Waals surface area contributed by atoms with Crippen LogP contribution in [0.2, 0.25) is 5.15 Å². The number of nitrogens with one attached hydrogen (secondary N) is 1. The maximum absolute atomic E-state index is 6.59. The summed E-state index contributed by atoms with van der Waals surface area (Å²) in [6.45, 7) is 6.00. The van der Waals surface area contributed by atoms with E-state index in [4.69, 9.17) is 36.0 Å². The predicted molar refractivity (Wildman–Crippen MR) is 127 cm³/mol. The van der Waals surface area contributed by atoms with Crippen molar-refractivity contribution >= 4 is 34.5 Å². The lowest BCUT2D eigenvalue weighted by Crippen LogP contribution is -2.44. The van der Waals surface area contributed by atoms with E-state index in [1.54, 1.807) is 0 Å². The Bertz CT molecular complexity index is 1170. The zero-order valence-electron chi connectivity index (χ0n) is 18.3. The second-order valence-corrected chi connectivity index (χ2v) is 8.91. The Kier molecular flexibility index (Phi) is 5.51. The highest BCUT2D eigenvalue weighted by Gasteiger charge is 2.27. The molecule has 5 heterocycles. The van der Waals surface area contributed by atoms with Gasteiger partial charge < -0.3 is 24.6 Å². The van der Waals surface area contributed by atoms with Crippen molar-refractivity contribution < 1.29 is 9.47 Å². The van der Waals surface area contributed by atoms with Crippen LogP contribution in [0.5, 0.6) is 11.6 Å². The summed E-state index contributed by atoms with van der Waals surface area (Å²) in [5.74, 6) is 2.62. The first-order valence-corrected chi connectivity index (χ1v) is 12.0. The topological polar surface area (TPSA) is 88.5 Å². The lowest BCUT2D eigenvalue weighted by Gasteiger charge is -2.29. The quantitative estimate of drug-likeness (QED) is 0.621. The molecule has 172 valence electrons. The Morgan fingerprint density at radius 2 is 1.79 bits per heavy atom. The average Bonchev–Trinajstić information content (AvgIpc) is 3.40. The molecule has 0 spiro atoms. The molecule has 0 saturated carbocycles. The molecule has 33 heavy (non-hydrogen) atoms. The smallest absolute Gasteiger partial charge is 0.254 e. The van der Waals surface area contributed by atoms with Crippen molar-refractivity contribution in [1.82, 2.24) is 25.3 Å². The molecule has 2 aromatic heterocycles. The molecular weight excluding hydrogens is 442 g/mol. The van der Waals surface area contributed by atoms with Crippen LogP contribution in [0.3, 0.4) is 0 Å². The molecule has 3 aromatic rings. The standard InChI is InChI=1S/C23H26ClN7O2/c24-19-22(33-17-7-14-32-16-6-2-1-5-15(16)17)27-20-18(26-19)21(30-10-3-4-11-30)29-23(28-20)31-12-8-25-9-13-31/h1-2,5-6,17,25H,3-4,7-14H2. The first-order valence-electron chi connectivity index (χ1n) is 11.6. The summed E-state index contributed by atoms with van der Waals surface area (Å²) in [6, 6.07) is 7.90. The molecule has 0 radical (unpaired) electrons. The molecule has 2 saturated heterocycles. The summed E-state index contributed by atoms with van der Waals surface area (Å²) in [5, 5.41) is 3.61. The van der Waals surface area contributed by atoms with E-state index in [-0.39, 0.29) is 11.3 Å². The van der Waals surface area contributed by atoms with Crippen molar-refractivity contribution in [2.75, 3.05) is 55.7 Å². The number of hydrogen-bond acceptors (Lipinski definition) is 9. The summed E-state index contributed by atoms with van der Waals surface area (Å²) in [4.78, 5) is 23.6. The predicted octanol–water partition coefficient (Wildman–Crippen LogP) is 2.99. The van der Waals surface area contributed by atoms with Gasteiger partial charge >= 0.3 is 0 Å². The van der Waals surface area contributed by atoms with E-state index in [2.05, 4.69) is 20.1 Å². The maximum atomic E-state index is 6.59. The third-order valence-corrected chi connectivity index (χ3v) is 6.64. The van der Waals surface area contributed by atoms with Gasteiger partial charge in [0.15, 0.2) is 22.1 Å². The average molecular weight is 468 g/mol. The van der Waals surface area contributed by atoms with Gasteiger partial charge in [-0.1, -0.05) is 29.8 Å². The normalized spacial score (nSPS) is 20.6. The minimum absolute atomic E-state index is 0.202. The molecule has 10 heteroatoms. The number of rotatable bonds is 4. The summed E-state index contributed by atoms with van der Waals surface area (Å²) in [6.07, 6.45) is 2.79. The molecule has 3 aliphatic heterocycles. The molecule has 6 rings (SSSR count). The summed E-state index contributed by atoms with van der Waals surface area (Å²) in [7, 11) is 0. The number of aromatic nitrogens is 4. The van der Waals surface area contributed by atoms with Crippen LogP contribution in [0.1, 0.15) is 30.9 Å². The number of ether oxygens (including phenoxy) is 2. The fraction of sp³-hybridized carbons (Fsp3) is 0.478. The molecule has 3 aliphatic rings. The summed E-state index contributed by atoms with van der Waals surface area (Å²) in [5.41, 5.74) is 2.13. The van der Waals surface area contributed by atoms with Gasteiger partial charge in [-0.25, -0.2) is 4.98 Å². The van der Waals surface area contributed by atoms with Gasteiger partial charge in [0, 0.05) is 51.3 Å². The van der Waals surface area contributed by atoms with Gasteiger partial charge in [0.2, 0.25) is 5.95 Å². The number of benzene rings is 1. The lowest BCUT2D eigenvalue weighted by atomic mass is 10.0. The van der Waals surface area contributed by atoms with Crippen LogP contribution >= 0.6 is 11.6 Å². The van der Waals surface area contributed by atoms with Crippen molar-refractivity contribution in [3.05, 3.63) is 35.0 Å². The second-order valence-electron chi connectivity index (χ2n) is 8.55. The Labute approximate surface area is 197 Å². The van der Waals surface area contributed by atoms with Crippen molar-refractivity contribution in [3.8, 4) is 11.6 Å². The second kappa shape index (κ2) is 8.79. The Hall–Kier alpha value is -2.91. The van der Waals surface area contributed by atoms with E-state index in [0.717, 1.165) is 69.2 Å². The van der Waals surface area contributed by atoms with Gasteiger partial charge in [-0.2, -0.15) is 15.0 Å². The monoisotopic (exact) mass is 467 g/mol. The molecule has 1 atom stereocenters.